The standard InChI is InChI=1S/C14H11Cl2FN2O3/c1-2-22-13-7(15)4-3-6(11(13)17)9-5-8(18)10(16)12(19-9)14(20)21/h3-5H,2H2,1H3,(H2,18,19)(H,20,21). The third-order valence-corrected chi connectivity index (χ3v) is 3.50. The average Bonchev–Trinajstić information content (AvgIpc) is 2.46. The number of carboxylic acid groups (broad SMARTS) is 1. The fourth-order valence-corrected chi connectivity index (χ4v) is 2.21. The topological polar surface area (TPSA) is 85.4 Å². The van der Waals surface area contributed by atoms with E-state index in [-0.39, 0.29) is 39.3 Å². The molecule has 0 saturated heterocycles. The minimum atomic E-state index is -1.36. The van der Waals surface area contributed by atoms with Gasteiger partial charge in [-0.3, -0.25) is 0 Å². The third kappa shape index (κ3) is 2.93. The summed E-state index contributed by atoms with van der Waals surface area (Å²) in [7, 11) is 0. The molecule has 1 aromatic carbocycles. The summed E-state index contributed by atoms with van der Waals surface area (Å²) < 4.78 is 19.7. The second kappa shape index (κ2) is 6.37. The van der Waals surface area contributed by atoms with E-state index in [0.717, 1.165) is 0 Å². The lowest BCUT2D eigenvalue weighted by Gasteiger charge is -2.12. The first-order valence-corrected chi connectivity index (χ1v) is 6.92. The summed E-state index contributed by atoms with van der Waals surface area (Å²) in [4.78, 5) is 15.0. The van der Waals surface area contributed by atoms with E-state index in [9.17, 15) is 9.18 Å². The Labute approximate surface area is 135 Å². The molecule has 0 bridgehead atoms. The van der Waals surface area contributed by atoms with Gasteiger partial charge in [0.2, 0.25) is 0 Å². The van der Waals surface area contributed by atoms with Crippen LogP contribution in [0.3, 0.4) is 0 Å². The Kier molecular flexibility index (Phi) is 4.73. The highest BCUT2D eigenvalue weighted by Gasteiger charge is 2.20. The number of ether oxygens (including phenoxy) is 1. The average molecular weight is 345 g/mol. The summed E-state index contributed by atoms with van der Waals surface area (Å²) in [5, 5.41) is 8.97. The third-order valence-electron chi connectivity index (χ3n) is 2.80. The molecule has 0 amide bonds. The van der Waals surface area contributed by atoms with Gasteiger partial charge in [0.25, 0.3) is 0 Å². The fourth-order valence-electron chi connectivity index (χ4n) is 1.84. The number of carbonyl (C=O) groups is 1. The molecule has 0 aliphatic heterocycles. The number of anilines is 1. The van der Waals surface area contributed by atoms with Crippen molar-refractivity contribution >= 4 is 34.9 Å². The molecule has 0 saturated carbocycles. The van der Waals surface area contributed by atoms with E-state index in [4.69, 9.17) is 38.8 Å². The predicted octanol–water partition coefficient (Wildman–Crippen LogP) is 3.87. The van der Waals surface area contributed by atoms with Gasteiger partial charge in [0, 0.05) is 5.56 Å². The molecule has 0 aliphatic carbocycles. The molecule has 22 heavy (non-hydrogen) atoms. The highest BCUT2D eigenvalue weighted by Crippen LogP contribution is 2.36. The van der Waals surface area contributed by atoms with Crippen LogP contribution < -0.4 is 10.5 Å². The number of aromatic nitrogens is 1. The van der Waals surface area contributed by atoms with Crippen LogP contribution in [-0.4, -0.2) is 22.7 Å². The molecule has 0 atom stereocenters. The number of hydrogen-bond acceptors (Lipinski definition) is 4. The van der Waals surface area contributed by atoms with E-state index in [2.05, 4.69) is 4.98 Å². The number of rotatable bonds is 4. The molecule has 0 unspecified atom stereocenters. The van der Waals surface area contributed by atoms with Crippen LogP contribution in [0.25, 0.3) is 11.3 Å². The normalized spacial score (nSPS) is 10.5. The van der Waals surface area contributed by atoms with Gasteiger partial charge in [0.1, 0.15) is 0 Å². The first-order chi connectivity index (χ1) is 10.4. The SMILES string of the molecule is CCOc1c(Cl)ccc(-c2cc(N)c(Cl)c(C(=O)O)n2)c1F. The molecule has 8 heteroatoms. The maximum atomic E-state index is 14.5. The van der Waals surface area contributed by atoms with Gasteiger partial charge in [-0.05, 0) is 25.1 Å². The zero-order chi connectivity index (χ0) is 16.4. The fraction of sp³-hybridized carbons (Fsp3) is 0.143. The predicted molar refractivity (Wildman–Crippen MR) is 82.2 cm³/mol. The largest absolute Gasteiger partial charge is 0.489 e. The lowest BCUT2D eigenvalue weighted by Crippen LogP contribution is -2.06. The maximum absolute atomic E-state index is 14.5. The molecule has 3 N–H and O–H groups in total. The highest BCUT2D eigenvalue weighted by molar-refractivity contribution is 6.35. The summed E-state index contributed by atoms with van der Waals surface area (Å²) in [6.45, 7) is 1.90. The van der Waals surface area contributed by atoms with Crippen LogP contribution in [0.15, 0.2) is 18.2 Å². The molecule has 116 valence electrons. The van der Waals surface area contributed by atoms with Gasteiger partial charge in [-0.2, -0.15) is 0 Å². The van der Waals surface area contributed by atoms with Crippen molar-refractivity contribution in [2.45, 2.75) is 6.92 Å². The first-order valence-electron chi connectivity index (χ1n) is 6.17. The number of aromatic carboxylic acids is 1. The monoisotopic (exact) mass is 344 g/mol. The van der Waals surface area contributed by atoms with Crippen LogP contribution in [-0.2, 0) is 0 Å². The minimum Gasteiger partial charge on any atom is -0.489 e. The van der Waals surface area contributed by atoms with E-state index in [1.807, 2.05) is 0 Å². The Morgan fingerprint density at radius 1 is 1.45 bits per heavy atom. The Morgan fingerprint density at radius 2 is 2.14 bits per heavy atom. The van der Waals surface area contributed by atoms with E-state index in [0.29, 0.717) is 0 Å². The lowest BCUT2D eigenvalue weighted by molar-refractivity contribution is 0.0691. The van der Waals surface area contributed by atoms with Crippen molar-refractivity contribution in [2.75, 3.05) is 12.3 Å². The maximum Gasteiger partial charge on any atom is 0.356 e. The van der Waals surface area contributed by atoms with Crippen LogP contribution >= 0.6 is 23.2 Å². The van der Waals surface area contributed by atoms with Gasteiger partial charge < -0.3 is 15.6 Å². The summed E-state index contributed by atoms with van der Waals surface area (Å²) in [6.07, 6.45) is 0. The van der Waals surface area contributed by atoms with E-state index in [1.165, 1.54) is 18.2 Å². The molecule has 1 aromatic heterocycles. The van der Waals surface area contributed by atoms with Crippen LogP contribution in [0.5, 0.6) is 5.75 Å². The first kappa shape index (κ1) is 16.3. The second-order valence-corrected chi connectivity index (χ2v) is 5.02. The van der Waals surface area contributed by atoms with Crippen molar-refractivity contribution < 1.29 is 19.0 Å². The Morgan fingerprint density at radius 3 is 2.73 bits per heavy atom. The van der Waals surface area contributed by atoms with E-state index < -0.39 is 17.5 Å². The molecule has 2 rings (SSSR count). The number of nitrogen functional groups attached to an aromatic ring is 1. The second-order valence-electron chi connectivity index (χ2n) is 4.24. The molecular formula is C14H11Cl2FN2O3. The van der Waals surface area contributed by atoms with Crippen molar-refractivity contribution in [3.05, 3.63) is 39.8 Å². The van der Waals surface area contributed by atoms with Gasteiger partial charge in [0.15, 0.2) is 17.3 Å². The van der Waals surface area contributed by atoms with Crippen LogP contribution in [0, 0.1) is 5.82 Å². The van der Waals surface area contributed by atoms with Crippen molar-refractivity contribution in [3.63, 3.8) is 0 Å². The Bertz CT molecular complexity index is 753. The molecule has 0 aliphatic rings. The molecule has 0 radical (unpaired) electrons. The van der Waals surface area contributed by atoms with Crippen molar-refractivity contribution in [3.8, 4) is 17.0 Å². The number of nitrogens with zero attached hydrogens (tertiary/aromatic N) is 1. The van der Waals surface area contributed by atoms with Crippen LogP contribution in [0.4, 0.5) is 10.1 Å². The van der Waals surface area contributed by atoms with E-state index in [1.54, 1.807) is 6.92 Å². The highest BCUT2D eigenvalue weighted by atomic mass is 35.5. The van der Waals surface area contributed by atoms with E-state index >= 15 is 0 Å². The van der Waals surface area contributed by atoms with Crippen molar-refractivity contribution in [1.82, 2.24) is 4.98 Å². The zero-order valence-corrected chi connectivity index (χ0v) is 12.9. The van der Waals surface area contributed by atoms with Crippen LogP contribution in [0.2, 0.25) is 10.0 Å². The summed E-state index contributed by atoms with van der Waals surface area (Å²) in [5.41, 5.74) is 5.22. The van der Waals surface area contributed by atoms with Gasteiger partial charge in [-0.25, -0.2) is 14.2 Å². The number of carboxylic acids is 1. The Hall–Kier alpha value is -2.05. The lowest BCUT2D eigenvalue weighted by atomic mass is 10.1. The summed E-state index contributed by atoms with van der Waals surface area (Å²) >= 11 is 11.7. The molecular weight excluding hydrogens is 334 g/mol. The number of benzene rings is 1. The van der Waals surface area contributed by atoms with Gasteiger partial charge in [-0.1, -0.05) is 23.2 Å². The zero-order valence-electron chi connectivity index (χ0n) is 11.4. The molecule has 0 spiro atoms. The number of nitrogens with two attached hydrogens (primary N) is 1. The summed E-state index contributed by atoms with van der Waals surface area (Å²) in [5.74, 6) is -2.24. The van der Waals surface area contributed by atoms with Crippen molar-refractivity contribution in [1.29, 1.82) is 0 Å². The molecule has 2 aromatic rings. The summed E-state index contributed by atoms with van der Waals surface area (Å²) in [6, 6.07) is 4.08. The Balaban J connectivity index is 2.67. The van der Waals surface area contributed by atoms with Gasteiger partial charge in [0.05, 0.1) is 28.0 Å². The quantitative estimate of drug-likeness (QED) is 0.879. The smallest absolute Gasteiger partial charge is 0.356 e. The molecule has 5 nitrogen and oxygen atoms in total. The van der Waals surface area contributed by atoms with Crippen molar-refractivity contribution in [2.24, 2.45) is 0 Å². The van der Waals surface area contributed by atoms with Gasteiger partial charge >= 0.3 is 5.97 Å². The molecule has 0 fully saturated rings. The van der Waals surface area contributed by atoms with Crippen LogP contribution in [0.1, 0.15) is 17.4 Å². The number of hydrogen-bond donors (Lipinski definition) is 2. The number of pyridine rings is 1. The molecule has 1 heterocycles. The van der Waals surface area contributed by atoms with Gasteiger partial charge in [-0.15, -0.1) is 0 Å². The number of halogens is 3. The minimum absolute atomic E-state index is 0.0127.